The number of rotatable bonds is 6. The van der Waals surface area contributed by atoms with Gasteiger partial charge in [0.2, 0.25) is 0 Å². The van der Waals surface area contributed by atoms with Gasteiger partial charge in [0.05, 0.1) is 6.61 Å². The summed E-state index contributed by atoms with van der Waals surface area (Å²) in [6.45, 7) is 4.00. The molecule has 4 heteroatoms. The van der Waals surface area contributed by atoms with Crippen LogP contribution in [0.3, 0.4) is 0 Å². The van der Waals surface area contributed by atoms with E-state index in [1.54, 1.807) is 13.3 Å². The van der Waals surface area contributed by atoms with Gasteiger partial charge in [0.15, 0.2) is 7.37 Å². The Kier molecular flexibility index (Phi) is 5.83. The van der Waals surface area contributed by atoms with Crippen LogP contribution in [0.4, 0.5) is 0 Å². The van der Waals surface area contributed by atoms with E-state index in [-0.39, 0.29) is 6.61 Å². The van der Waals surface area contributed by atoms with Gasteiger partial charge < -0.3 is 9.63 Å². The van der Waals surface area contributed by atoms with Gasteiger partial charge >= 0.3 is 0 Å². The molecule has 0 spiro atoms. The number of hydrogen-bond acceptors (Lipinski definition) is 3. The Morgan fingerprint density at radius 3 is 2.36 bits per heavy atom. The van der Waals surface area contributed by atoms with Gasteiger partial charge in [0, 0.05) is 19.9 Å². The van der Waals surface area contributed by atoms with Crippen molar-refractivity contribution in [3.63, 3.8) is 0 Å². The first kappa shape index (κ1) is 11.2. The normalized spacial score (nSPS) is 11.9. The molecule has 0 saturated carbocycles. The lowest BCUT2D eigenvalue weighted by Gasteiger charge is -2.06. The maximum atomic E-state index is 11.0. The van der Waals surface area contributed by atoms with Crippen LogP contribution in [0.2, 0.25) is 0 Å². The molecule has 0 saturated heterocycles. The Balaban J connectivity index is 3.09. The second-order valence-electron chi connectivity index (χ2n) is 2.87. The van der Waals surface area contributed by atoms with Gasteiger partial charge in [0.1, 0.15) is 0 Å². The summed E-state index contributed by atoms with van der Waals surface area (Å²) >= 11 is 0. The largest absolute Gasteiger partial charge is 0.396 e. The third kappa shape index (κ3) is 10.2. The minimum atomic E-state index is -2.28. The third-order valence-corrected chi connectivity index (χ3v) is 2.01. The lowest BCUT2D eigenvalue weighted by Crippen LogP contribution is -1.92. The predicted octanol–water partition coefficient (Wildman–Crippen LogP) is 1.70. The Morgan fingerprint density at radius 1 is 1.27 bits per heavy atom. The molecular weight excluding hydrogens is 163 g/mol. The molecule has 0 unspecified atom stereocenters. The number of aliphatic hydroxyl groups is 1. The first-order valence-electron chi connectivity index (χ1n) is 3.86. The molecule has 0 aromatic carbocycles. The van der Waals surface area contributed by atoms with Crippen LogP contribution in [-0.2, 0) is 9.09 Å². The SMILES string of the molecule is CP(C)(=O)OCCCCCO. The topological polar surface area (TPSA) is 46.5 Å². The molecule has 1 N–H and O–H groups in total. The van der Waals surface area contributed by atoms with E-state index in [1.165, 1.54) is 0 Å². The molecule has 0 aliphatic rings. The number of aliphatic hydroxyl groups excluding tert-OH is 1. The highest BCUT2D eigenvalue weighted by molar-refractivity contribution is 7.57. The fourth-order valence-electron chi connectivity index (χ4n) is 0.675. The summed E-state index contributed by atoms with van der Waals surface area (Å²) in [4.78, 5) is 0. The molecule has 68 valence electrons. The second kappa shape index (κ2) is 5.76. The molecule has 0 radical (unpaired) electrons. The average Bonchev–Trinajstić information content (AvgIpc) is 1.85. The lowest BCUT2D eigenvalue weighted by atomic mass is 10.2. The summed E-state index contributed by atoms with van der Waals surface area (Å²) < 4.78 is 16.0. The quantitative estimate of drug-likeness (QED) is 0.500. The second-order valence-corrected chi connectivity index (χ2v) is 5.63. The molecule has 0 rings (SSSR count). The maximum absolute atomic E-state index is 11.0. The van der Waals surface area contributed by atoms with Gasteiger partial charge in [-0.05, 0) is 19.3 Å². The molecule has 0 fully saturated rings. The fourth-order valence-corrected chi connectivity index (χ4v) is 1.24. The standard InChI is InChI=1S/C7H17O3P/c1-11(2,9)10-7-5-3-4-6-8/h8H,3-7H2,1-2H3. The first-order valence-corrected chi connectivity index (χ1v) is 6.38. The lowest BCUT2D eigenvalue weighted by molar-refractivity contribution is 0.268. The summed E-state index contributed by atoms with van der Waals surface area (Å²) in [6, 6.07) is 0. The fraction of sp³-hybridized carbons (Fsp3) is 1.00. The Morgan fingerprint density at radius 2 is 1.91 bits per heavy atom. The van der Waals surface area contributed by atoms with E-state index in [1.807, 2.05) is 0 Å². The van der Waals surface area contributed by atoms with Crippen molar-refractivity contribution in [2.45, 2.75) is 19.3 Å². The molecule has 3 nitrogen and oxygen atoms in total. The van der Waals surface area contributed by atoms with E-state index in [0.717, 1.165) is 19.3 Å². The minimum Gasteiger partial charge on any atom is -0.396 e. The predicted molar refractivity (Wildman–Crippen MR) is 46.3 cm³/mol. The molecule has 11 heavy (non-hydrogen) atoms. The zero-order chi connectivity index (χ0) is 8.74. The zero-order valence-electron chi connectivity index (χ0n) is 7.25. The molecule has 0 amide bonds. The van der Waals surface area contributed by atoms with E-state index in [4.69, 9.17) is 9.63 Å². The van der Waals surface area contributed by atoms with Crippen LogP contribution in [-0.4, -0.2) is 31.6 Å². The van der Waals surface area contributed by atoms with Crippen LogP contribution in [0.25, 0.3) is 0 Å². The molecule has 0 bridgehead atoms. The van der Waals surface area contributed by atoms with Crippen molar-refractivity contribution in [3.8, 4) is 0 Å². The van der Waals surface area contributed by atoms with Crippen molar-refractivity contribution in [1.82, 2.24) is 0 Å². The van der Waals surface area contributed by atoms with Gasteiger partial charge in [-0.1, -0.05) is 0 Å². The van der Waals surface area contributed by atoms with Gasteiger partial charge in [-0.25, -0.2) is 0 Å². The zero-order valence-corrected chi connectivity index (χ0v) is 8.14. The van der Waals surface area contributed by atoms with Crippen LogP contribution >= 0.6 is 7.37 Å². The first-order chi connectivity index (χ1) is 5.06. The molecule has 0 aromatic rings. The van der Waals surface area contributed by atoms with E-state index in [9.17, 15) is 4.57 Å². The molecule has 0 atom stereocenters. The molecule has 0 aromatic heterocycles. The van der Waals surface area contributed by atoms with Crippen LogP contribution in [0.15, 0.2) is 0 Å². The number of unbranched alkanes of at least 4 members (excludes halogenated alkanes) is 2. The summed E-state index contributed by atoms with van der Waals surface area (Å²) in [5.74, 6) is 0. The smallest absolute Gasteiger partial charge is 0.197 e. The van der Waals surface area contributed by atoms with Crippen molar-refractivity contribution in [1.29, 1.82) is 0 Å². The minimum absolute atomic E-state index is 0.232. The molecule has 0 heterocycles. The van der Waals surface area contributed by atoms with Gasteiger partial charge in [-0.3, -0.25) is 4.57 Å². The summed E-state index contributed by atoms with van der Waals surface area (Å²) in [5, 5.41) is 8.43. The van der Waals surface area contributed by atoms with Gasteiger partial charge in [-0.15, -0.1) is 0 Å². The van der Waals surface area contributed by atoms with Crippen LogP contribution in [0, 0.1) is 0 Å². The van der Waals surface area contributed by atoms with Crippen molar-refractivity contribution >= 4 is 7.37 Å². The highest BCUT2D eigenvalue weighted by atomic mass is 31.2. The van der Waals surface area contributed by atoms with Crippen molar-refractivity contribution in [3.05, 3.63) is 0 Å². The van der Waals surface area contributed by atoms with Crippen LogP contribution < -0.4 is 0 Å². The molecule has 0 aliphatic carbocycles. The third-order valence-electron chi connectivity index (χ3n) is 1.20. The molecule has 0 aliphatic heterocycles. The Hall–Kier alpha value is 0.150. The van der Waals surface area contributed by atoms with Crippen LogP contribution in [0.5, 0.6) is 0 Å². The van der Waals surface area contributed by atoms with E-state index < -0.39 is 7.37 Å². The van der Waals surface area contributed by atoms with Crippen molar-refractivity contribution in [2.24, 2.45) is 0 Å². The average molecular weight is 180 g/mol. The summed E-state index contributed by atoms with van der Waals surface area (Å²) in [7, 11) is -2.28. The molecular formula is C7H17O3P. The van der Waals surface area contributed by atoms with Crippen molar-refractivity contribution < 1.29 is 14.2 Å². The summed E-state index contributed by atoms with van der Waals surface area (Å²) in [6.07, 6.45) is 2.63. The van der Waals surface area contributed by atoms with Gasteiger partial charge in [-0.2, -0.15) is 0 Å². The van der Waals surface area contributed by atoms with E-state index >= 15 is 0 Å². The maximum Gasteiger partial charge on any atom is 0.197 e. The highest BCUT2D eigenvalue weighted by Gasteiger charge is 2.04. The van der Waals surface area contributed by atoms with Crippen molar-refractivity contribution in [2.75, 3.05) is 26.5 Å². The van der Waals surface area contributed by atoms with Gasteiger partial charge in [0.25, 0.3) is 0 Å². The number of hydrogen-bond donors (Lipinski definition) is 1. The summed E-state index contributed by atoms with van der Waals surface area (Å²) in [5.41, 5.74) is 0. The monoisotopic (exact) mass is 180 g/mol. The van der Waals surface area contributed by atoms with E-state index in [0.29, 0.717) is 6.61 Å². The van der Waals surface area contributed by atoms with Crippen LogP contribution in [0.1, 0.15) is 19.3 Å². The highest BCUT2D eigenvalue weighted by Crippen LogP contribution is 2.37. The van der Waals surface area contributed by atoms with E-state index in [2.05, 4.69) is 0 Å². The Labute approximate surface area is 68.2 Å². The Bertz CT molecular complexity index is 130.